The van der Waals surface area contributed by atoms with Gasteiger partial charge in [0.2, 0.25) is 0 Å². The standard InChI is InChI=1S/C19H21F2N5OS/c20-18(21)12-9-28-10-15(12)24-19(27)16-7-5-11-6-8-17(25-26(11)16)23-14-4-2-1-3-13(14)22/h5-10,13-14,18H,1-4,22H2,(H,23,25)(H,24,27)/t13-,14+/m0/s1. The number of fused-ring (bicyclic) bond motifs is 1. The van der Waals surface area contributed by atoms with E-state index in [9.17, 15) is 13.6 Å². The van der Waals surface area contributed by atoms with Crippen molar-refractivity contribution in [2.45, 2.75) is 44.2 Å². The van der Waals surface area contributed by atoms with Crippen molar-refractivity contribution in [3.63, 3.8) is 0 Å². The van der Waals surface area contributed by atoms with Gasteiger partial charge in [-0.1, -0.05) is 12.8 Å². The highest BCUT2D eigenvalue weighted by Crippen LogP contribution is 2.31. The summed E-state index contributed by atoms with van der Waals surface area (Å²) in [5, 5.41) is 13.3. The van der Waals surface area contributed by atoms with Crippen LogP contribution in [0.2, 0.25) is 0 Å². The number of carbonyl (C=O) groups excluding carboxylic acids is 1. The number of halogens is 2. The topological polar surface area (TPSA) is 84.4 Å². The average Bonchev–Trinajstić information content (AvgIpc) is 3.30. The van der Waals surface area contributed by atoms with Crippen molar-refractivity contribution in [2.24, 2.45) is 5.73 Å². The maximum atomic E-state index is 13.0. The van der Waals surface area contributed by atoms with Gasteiger partial charge in [-0.05, 0) is 37.1 Å². The molecule has 1 saturated carbocycles. The van der Waals surface area contributed by atoms with Gasteiger partial charge >= 0.3 is 0 Å². The fourth-order valence-corrected chi connectivity index (χ4v) is 4.30. The van der Waals surface area contributed by atoms with Crippen LogP contribution in [0.15, 0.2) is 35.0 Å². The zero-order chi connectivity index (χ0) is 19.7. The number of hydrogen-bond acceptors (Lipinski definition) is 5. The van der Waals surface area contributed by atoms with Crippen LogP contribution in [0.25, 0.3) is 5.52 Å². The predicted molar refractivity (Wildman–Crippen MR) is 106 cm³/mol. The molecule has 0 aliphatic heterocycles. The van der Waals surface area contributed by atoms with E-state index in [1.165, 1.54) is 15.3 Å². The zero-order valence-electron chi connectivity index (χ0n) is 15.1. The molecule has 4 rings (SSSR count). The molecule has 3 heterocycles. The lowest BCUT2D eigenvalue weighted by Gasteiger charge is -2.29. The van der Waals surface area contributed by atoms with E-state index < -0.39 is 12.3 Å². The molecule has 1 aliphatic rings. The first-order valence-corrected chi connectivity index (χ1v) is 10.1. The molecule has 0 spiro atoms. The summed E-state index contributed by atoms with van der Waals surface area (Å²) in [5.74, 6) is 0.142. The fraction of sp³-hybridized carbons (Fsp3) is 0.368. The zero-order valence-corrected chi connectivity index (χ0v) is 15.9. The Bertz CT molecular complexity index is 986. The number of amides is 1. The minimum Gasteiger partial charge on any atom is -0.364 e. The molecule has 3 aromatic heterocycles. The lowest BCUT2D eigenvalue weighted by Crippen LogP contribution is -2.42. The first kappa shape index (κ1) is 18.8. The van der Waals surface area contributed by atoms with Gasteiger partial charge in [0.15, 0.2) is 0 Å². The van der Waals surface area contributed by atoms with Crippen LogP contribution < -0.4 is 16.4 Å². The SMILES string of the molecule is N[C@H]1CCCC[C@H]1Nc1ccc2ccc(C(=O)Nc3cscc3C(F)F)n2n1. The van der Waals surface area contributed by atoms with Crippen LogP contribution in [0.5, 0.6) is 0 Å². The number of aromatic nitrogens is 2. The number of nitrogens with zero attached hydrogens (tertiary/aromatic N) is 2. The quantitative estimate of drug-likeness (QED) is 0.592. The molecule has 0 radical (unpaired) electrons. The number of carbonyl (C=O) groups is 1. The van der Waals surface area contributed by atoms with E-state index in [4.69, 9.17) is 5.73 Å². The molecule has 6 nitrogen and oxygen atoms in total. The number of alkyl halides is 2. The van der Waals surface area contributed by atoms with E-state index in [0.29, 0.717) is 5.82 Å². The third-order valence-electron chi connectivity index (χ3n) is 5.06. The Kier molecular flexibility index (Phi) is 5.27. The predicted octanol–water partition coefficient (Wildman–Crippen LogP) is 4.27. The summed E-state index contributed by atoms with van der Waals surface area (Å²) in [7, 11) is 0. The number of nitrogens with two attached hydrogens (primary N) is 1. The molecule has 0 saturated heterocycles. The van der Waals surface area contributed by atoms with Crippen molar-refractivity contribution in [1.29, 1.82) is 0 Å². The molecule has 2 atom stereocenters. The Labute approximate surface area is 164 Å². The second kappa shape index (κ2) is 7.84. The molecule has 0 bridgehead atoms. The minimum atomic E-state index is -2.64. The van der Waals surface area contributed by atoms with Gasteiger partial charge in [-0.15, -0.1) is 16.4 Å². The molecule has 4 N–H and O–H groups in total. The van der Waals surface area contributed by atoms with Crippen molar-refractivity contribution in [3.8, 4) is 0 Å². The van der Waals surface area contributed by atoms with Gasteiger partial charge < -0.3 is 16.4 Å². The van der Waals surface area contributed by atoms with E-state index >= 15 is 0 Å². The lowest BCUT2D eigenvalue weighted by molar-refractivity contribution is 0.102. The summed E-state index contributed by atoms with van der Waals surface area (Å²) in [4.78, 5) is 12.7. The Hall–Kier alpha value is -2.52. The highest BCUT2D eigenvalue weighted by molar-refractivity contribution is 7.08. The summed E-state index contributed by atoms with van der Waals surface area (Å²) < 4.78 is 27.6. The lowest BCUT2D eigenvalue weighted by atomic mass is 9.91. The Morgan fingerprint density at radius 1 is 1.21 bits per heavy atom. The van der Waals surface area contributed by atoms with E-state index in [0.717, 1.165) is 42.5 Å². The van der Waals surface area contributed by atoms with Crippen LogP contribution in [-0.4, -0.2) is 27.6 Å². The number of rotatable bonds is 5. The first-order valence-electron chi connectivity index (χ1n) is 9.19. The number of nitrogens with one attached hydrogen (secondary N) is 2. The van der Waals surface area contributed by atoms with E-state index in [2.05, 4.69) is 15.7 Å². The van der Waals surface area contributed by atoms with Crippen LogP contribution in [0, 0.1) is 0 Å². The molecule has 148 valence electrons. The highest BCUT2D eigenvalue weighted by Gasteiger charge is 2.22. The van der Waals surface area contributed by atoms with E-state index in [1.54, 1.807) is 12.1 Å². The molecule has 28 heavy (non-hydrogen) atoms. The Morgan fingerprint density at radius 2 is 2.00 bits per heavy atom. The molecular weight excluding hydrogens is 384 g/mol. The van der Waals surface area contributed by atoms with Crippen molar-refractivity contribution in [2.75, 3.05) is 10.6 Å². The molecule has 0 aromatic carbocycles. The van der Waals surface area contributed by atoms with Gasteiger partial charge in [0.1, 0.15) is 11.5 Å². The van der Waals surface area contributed by atoms with Gasteiger partial charge in [-0.25, -0.2) is 13.3 Å². The summed E-state index contributed by atoms with van der Waals surface area (Å²) in [6, 6.07) is 7.32. The molecule has 1 aliphatic carbocycles. The number of thiophene rings is 1. The summed E-state index contributed by atoms with van der Waals surface area (Å²) >= 11 is 1.12. The molecule has 1 fully saturated rings. The van der Waals surface area contributed by atoms with Gasteiger partial charge in [0.05, 0.1) is 16.8 Å². The van der Waals surface area contributed by atoms with Crippen molar-refractivity contribution >= 4 is 34.3 Å². The maximum Gasteiger partial charge on any atom is 0.274 e. The number of hydrogen-bond donors (Lipinski definition) is 3. The number of anilines is 2. The average molecular weight is 405 g/mol. The summed E-state index contributed by atoms with van der Waals surface area (Å²) in [6.07, 6.45) is 1.58. The van der Waals surface area contributed by atoms with Crippen LogP contribution in [-0.2, 0) is 0 Å². The van der Waals surface area contributed by atoms with Crippen molar-refractivity contribution in [3.05, 3.63) is 46.3 Å². The molecule has 1 amide bonds. The van der Waals surface area contributed by atoms with Gasteiger partial charge in [-0.2, -0.15) is 0 Å². The van der Waals surface area contributed by atoms with Crippen LogP contribution in [0.4, 0.5) is 20.3 Å². The Balaban J connectivity index is 1.57. The second-order valence-corrected chi connectivity index (χ2v) is 7.71. The van der Waals surface area contributed by atoms with Crippen LogP contribution in [0.1, 0.15) is 48.2 Å². The third-order valence-corrected chi connectivity index (χ3v) is 5.83. The molecule has 3 aromatic rings. The highest BCUT2D eigenvalue weighted by atomic mass is 32.1. The van der Waals surface area contributed by atoms with Gasteiger partial charge in [-0.3, -0.25) is 4.79 Å². The molecular formula is C19H21F2N5OS. The summed E-state index contributed by atoms with van der Waals surface area (Å²) in [5.41, 5.74) is 7.15. The van der Waals surface area contributed by atoms with E-state index in [1.807, 2.05) is 12.1 Å². The van der Waals surface area contributed by atoms with E-state index in [-0.39, 0.29) is 29.0 Å². The smallest absolute Gasteiger partial charge is 0.274 e. The van der Waals surface area contributed by atoms with Crippen LogP contribution >= 0.6 is 11.3 Å². The largest absolute Gasteiger partial charge is 0.364 e. The van der Waals surface area contributed by atoms with Gasteiger partial charge in [0.25, 0.3) is 12.3 Å². The van der Waals surface area contributed by atoms with Gasteiger partial charge in [0, 0.05) is 22.8 Å². The Morgan fingerprint density at radius 3 is 2.79 bits per heavy atom. The normalized spacial score (nSPS) is 19.9. The summed E-state index contributed by atoms with van der Waals surface area (Å²) in [6.45, 7) is 0. The van der Waals surface area contributed by atoms with Crippen molar-refractivity contribution < 1.29 is 13.6 Å². The fourth-order valence-electron chi connectivity index (χ4n) is 3.53. The minimum absolute atomic E-state index is 0.0741. The molecule has 9 heteroatoms. The first-order chi connectivity index (χ1) is 13.5. The van der Waals surface area contributed by atoms with Crippen LogP contribution in [0.3, 0.4) is 0 Å². The second-order valence-electron chi connectivity index (χ2n) is 6.97. The van der Waals surface area contributed by atoms with Crippen molar-refractivity contribution in [1.82, 2.24) is 9.61 Å². The monoisotopic (exact) mass is 405 g/mol. The third kappa shape index (κ3) is 3.72. The maximum absolute atomic E-state index is 13.0. The molecule has 0 unspecified atom stereocenters.